The molecule has 0 radical (unpaired) electrons. The molecule has 0 bridgehead atoms. The van der Waals surface area contributed by atoms with E-state index in [2.05, 4.69) is 15.9 Å². The molecule has 0 saturated carbocycles. The van der Waals surface area contributed by atoms with Crippen molar-refractivity contribution in [1.82, 2.24) is 0 Å². The predicted molar refractivity (Wildman–Crippen MR) is 85.3 cm³/mol. The lowest BCUT2D eigenvalue weighted by atomic mass is 9.97. The molecule has 0 aliphatic carbocycles. The number of hydrogen-bond acceptors (Lipinski definition) is 2. The highest BCUT2D eigenvalue weighted by atomic mass is 79.9. The van der Waals surface area contributed by atoms with E-state index in [0.717, 1.165) is 16.5 Å². The Labute approximate surface area is 125 Å². The van der Waals surface area contributed by atoms with Crippen molar-refractivity contribution in [3.8, 4) is 11.1 Å². The molecule has 3 aromatic rings. The summed E-state index contributed by atoms with van der Waals surface area (Å²) >= 11 is 3.52. The molecule has 1 atom stereocenters. The molecule has 0 saturated heterocycles. The molecule has 2 aromatic carbocycles. The average Bonchev–Trinajstić information content (AvgIpc) is 2.48. The zero-order chi connectivity index (χ0) is 14.1. The zero-order valence-corrected chi connectivity index (χ0v) is 12.6. The lowest BCUT2D eigenvalue weighted by Crippen LogP contribution is -2.05. The van der Waals surface area contributed by atoms with Crippen LogP contribution in [0.5, 0.6) is 0 Å². The monoisotopic (exact) mass is 328 g/mol. The van der Waals surface area contributed by atoms with Crippen LogP contribution in [0.2, 0.25) is 0 Å². The molecule has 0 fully saturated rings. The summed E-state index contributed by atoms with van der Waals surface area (Å²) in [5, 5.41) is 1.54. The average molecular weight is 329 g/mol. The van der Waals surface area contributed by atoms with Gasteiger partial charge in [0, 0.05) is 10.9 Å². The second kappa shape index (κ2) is 5.25. The van der Waals surface area contributed by atoms with E-state index in [-0.39, 0.29) is 10.5 Å². The molecule has 0 spiro atoms. The minimum absolute atomic E-state index is 0.0324. The van der Waals surface area contributed by atoms with Gasteiger partial charge in [0.2, 0.25) is 0 Å². The van der Waals surface area contributed by atoms with Gasteiger partial charge in [0.25, 0.3) is 0 Å². The molecule has 0 N–H and O–H groups in total. The Balaban J connectivity index is 2.47. The summed E-state index contributed by atoms with van der Waals surface area (Å²) in [7, 11) is 0. The first-order valence-electron chi connectivity index (χ1n) is 6.43. The van der Waals surface area contributed by atoms with Crippen molar-refractivity contribution in [2.45, 2.75) is 11.8 Å². The van der Waals surface area contributed by atoms with Crippen molar-refractivity contribution in [1.29, 1.82) is 0 Å². The summed E-state index contributed by atoms with van der Waals surface area (Å²) in [5.41, 5.74) is 1.74. The fourth-order valence-corrected chi connectivity index (χ4v) is 2.72. The third-order valence-corrected chi connectivity index (χ3v) is 3.70. The highest BCUT2D eigenvalue weighted by molar-refractivity contribution is 9.09. The quantitative estimate of drug-likeness (QED) is 0.625. The summed E-state index contributed by atoms with van der Waals surface area (Å²) in [6, 6.07) is 17.6. The standard InChI is InChI=1S/C17H13BrO2/c1-11(18)16-15(12-7-3-2-4-8-12)13-9-5-6-10-14(13)17(19)20-16/h2-11H,1H3. The van der Waals surface area contributed by atoms with Crippen molar-refractivity contribution < 1.29 is 4.42 Å². The maximum atomic E-state index is 12.1. The molecule has 2 nitrogen and oxygen atoms in total. The van der Waals surface area contributed by atoms with Gasteiger partial charge in [-0.05, 0) is 18.6 Å². The van der Waals surface area contributed by atoms with Crippen LogP contribution in [0.4, 0.5) is 0 Å². The molecular weight excluding hydrogens is 316 g/mol. The summed E-state index contributed by atoms with van der Waals surface area (Å²) in [5.74, 6) is 0.667. The van der Waals surface area contributed by atoms with Gasteiger partial charge >= 0.3 is 5.63 Å². The van der Waals surface area contributed by atoms with Gasteiger partial charge in [0.15, 0.2) is 0 Å². The Morgan fingerprint density at radius 1 is 0.950 bits per heavy atom. The second-order valence-corrected chi connectivity index (χ2v) is 6.03. The van der Waals surface area contributed by atoms with Crippen LogP contribution >= 0.6 is 15.9 Å². The Morgan fingerprint density at radius 2 is 1.55 bits per heavy atom. The molecule has 100 valence electrons. The van der Waals surface area contributed by atoms with E-state index in [1.807, 2.05) is 55.5 Å². The number of benzene rings is 2. The van der Waals surface area contributed by atoms with E-state index < -0.39 is 0 Å². The van der Waals surface area contributed by atoms with Crippen LogP contribution in [0.25, 0.3) is 21.9 Å². The fraction of sp³-hybridized carbons (Fsp3) is 0.118. The van der Waals surface area contributed by atoms with Gasteiger partial charge in [-0.1, -0.05) is 64.5 Å². The topological polar surface area (TPSA) is 30.2 Å². The van der Waals surface area contributed by atoms with Crippen molar-refractivity contribution in [3.63, 3.8) is 0 Å². The molecule has 0 aliphatic heterocycles. The first kappa shape index (κ1) is 13.1. The number of halogens is 1. The summed E-state index contributed by atoms with van der Waals surface area (Å²) in [4.78, 5) is 12.1. The SMILES string of the molecule is CC(Br)c1oc(=O)c2ccccc2c1-c1ccccc1. The Hall–Kier alpha value is -1.87. The Bertz CT molecular complexity index is 804. The molecule has 0 aliphatic rings. The zero-order valence-electron chi connectivity index (χ0n) is 11.0. The highest BCUT2D eigenvalue weighted by Crippen LogP contribution is 2.36. The molecule has 1 unspecified atom stereocenters. The van der Waals surface area contributed by atoms with E-state index in [9.17, 15) is 4.79 Å². The molecule has 3 rings (SSSR count). The number of hydrogen-bond donors (Lipinski definition) is 0. The Morgan fingerprint density at radius 3 is 2.20 bits per heavy atom. The predicted octanol–water partition coefficient (Wildman–Crippen LogP) is 4.92. The lowest BCUT2D eigenvalue weighted by Gasteiger charge is -2.13. The molecule has 20 heavy (non-hydrogen) atoms. The number of alkyl halides is 1. The normalized spacial score (nSPS) is 12.5. The first-order chi connectivity index (χ1) is 9.68. The first-order valence-corrected chi connectivity index (χ1v) is 7.35. The molecule has 0 amide bonds. The minimum Gasteiger partial charge on any atom is -0.426 e. The van der Waals surface area contributed by atoms with Crippen molar-refractivity contribution >= 4 is 26.7 Å². The molecule has 1 aromatic heterocycles. The van der Waals surface area contributed by atoms with Gasteiger partial charge in [-0.25, -0.2) is 4.79 Å². The van der Waals surface area contributed by atoms with Crippen LogP contribution in [-0.4, -0.2) is 0 Å². The maximum absolute atomic E-state index is 12.1. The second-order valence-electron chi connectivity index (χ2n) is 4.66. The summed E-state index contributed by atoms with van der Waals surface area (Å²) in [6.45, 7) is 1.96. The van der Waals surface area contributed by atoms with E-state index in [1.165, 1.54) is 0 Å². The number of rotatable bonds is 2. The maximum Gasteiger partial charge on any atom is 0.343 e. The van der Waals surface area contributed by atoms with Crippen LogP contribution in [0, 0.1) is 0 Å². The van der Waals surface area contributed by atoms with Gasteiger partial charge in [-0.15, -0.1) is 0 Å². The largest absolute Gasteiger partial charge is 0.426 e. The van der Waals surface area contributed by atoms with Gasteiger partial charge in [-0.2, -0.15) is 0 Å². The third-order valence-electron chi connectivity index (χ3n) is 3.29. The molecule has 3 heteroatoms. The highest BCUT2D eigenvalue weighted by Gasteiger charge is 2.18. The Kier molecular flexibility index (Phi) is 3.45. The molecular formula is C17H13BrO2. The van der Waals surface area contributed by atoms with Gasteiger partial charge < -0.3 is 4.42 Å². The lowest BCUT2D eigenvalue weighted by molar-refractivity contribution is 0.473. The van der Waals surface area contributed by atoms with Crippen molar-refractivity contribution in [2.24, 2.45) is 0 Å². The third kappa shape index (κ3) is 2.18. The van der Waals surface area contributed by atoms with Gasteiger partial charge in [0.1, 0.15) is 5.76 Å². The minimum atomic E-state index is -0.290. The van der Waals surface area contributed by atoms with Gasteiger partial charge in [-0.3, -0.25) is 0 Å². The van der Waals surface area contributed by atoms with E-state index in [1.54, 1.807) is 6.07 Å². The molecule has 1 heterocycles. The van der Waals surface area contributed by atoms with Crippen LogP contribution in [0.1, 0.15) is 17.5 Å². The van der Waals surface area contributed by atoms with Crippen LogP contribution < -0.4 is 5.63 Å². The smallest absolute Gasteiger partial charge is 0.343 e. The summed E-state index contributed by atoms with van der Waals surface area (Å²) < 4.78 is 5.54. The van der Waals surface area contributed by atoms with Crippen molar-refractivity contribution in [3.05, 3.63) is 70.8 Å². The van der Waals surface area contributed by atoms with Crippen LogP contribution in [0.3, 0.4) is 0 Å². The van der Waals surface area contributed by atoms with E-state index in [0.29, 0.717) is 11.1 Å². The van der Waals surface area contributed by atoms with Crippen molar-refractivity contribution in [2.75, 3.05) is 0 Å². The fourth-order valence-electron chi connectivity index (χ4n) is 2.40. The van der Waals surface area contributed by atoms with Crippen LogP contribution in [-0.2, 0) is 0 Å². The summed E-state index contributed by atoms with van der Waals surface area (Å²) in [6.07, 6.45) is 0. The number of fused-ring (bicyclic) bond motifs is 1. The van der Waals surface area contributed by atoms with E-state index >= 15 is 0 Å². The van der Waals surface area contributed by atoms with Gasteiger partial charge in [0.05, 0.1) is 10.2 Å². The van der Waals surface area contributed by atoms with Crippen LogP contribution in [0.15, 0.2) is 63.8 Å². The van der Waals surface area contributed by atoms with E-state index in [4.69, 9.17) is 4.42 Å².